The van der Waals surface area contributed by atoms with E-state index in [9.17, 15) is 12.8 Å². The monoisotopic (exact) mass is 301 g/mol. The lowest BCUT2D eigenvalue weighted by Crippen LogP contribution is -2.38. The molecular formula is C14H20FNO3S. The van der Waals surface area contributed by atoms with E-state index in [0.29, 0.717) is 18.4 Å². The Kier molecular flexibility index (Phi) is 4.78. The van der Waals surface area contributed by atoms with Crippen LogP contribution in [-0.4, -0.2) is 26.2 Å². The lowest BCUT2D eigenvalue weighted by Gasteiger charge is -2.27. The van der Waals surface area contributed by atoms with Gasteiger partial charge in [0.15, 0.2) is 0 Å². The Morgan fingerprint density at radius 2 is 1.90 bits per heavy atom. The SMILES string of the molecule is Cc1cc(F)cc(S(=O)(=O)NC2CCC(CO)CC2)c1. The first-order chi connectivity index (χ1) is 9.40. The van der Waals surface area contributed by atoms with Gasteiger partial charge in [0.05, 0.1) is 4.90 Å². The summed E-state index contributed by atoms with van der Waals surface area (Å²) in [7, 11) is -3.68. The van der Waals surface area contributed by atoms with Crippen molar-refractivity contribution < 1.29 is 17.9 Å². The topological polar surface area (TPSA) is 66.4 Å². The van der Waals surface area contributed by atoms with Crippen molar-refractivity contribution in [3.05, 3.63) is 29.6 Å². The molecule has 0 saturated heterocycles. The molecule has 0 heterocycles. The van der Waals surface area contributed by atoms with Crippen LogP contribution in [0.5, 0.6) is 0 Å². The summed E-state index contributed by atoms with van der Waals surface area (Å²) in [5, 5.41) is 9.07. The van der Waals surface area contributed by atoms with E-state index >= 15 is 0 Å². The molecule has 0 atom stereocenters. The third kappa shape index (κ3) is 3.77. The van der Waals surface area contributed by atoms with Gasteiger partial charge < -0.3 is 5.11 Å². The summed E-state index contributed by atoms with van der Waals surface area (Å²) in [6.45, 7) is 1.82. The van der Waals surface area contributed by atoms with Gasteiger partial charge in [0.2, 0.25) is 10.0 Å². The van der Waals surface area contributed by atoms with Crippen molar-refractivity contribution in [1.29, 1.82) is 0 Å². The van der Waals surface area contributed by atoms with Crippen LogP contribution >= 0.6 is 0 Å². The molecule has 4 nitrogen and oxygen atoms in total. The number of nitrogens with one attached hydrogen (secondary N) is 1. The maximum Gasteiger partial charge on any atom is 0.240 e. The zero-order valence-electron chi connectivity index (χ0n) is 11.5. The molecule has 2 N–H and O–H groups in total. The smallest absolute Gasteiger partial charge is 0.240 e. The molecule has 0 amide bonds. The number of aryl methyl sites for hydroxylation is 1. The lowest BCUT2D eigenvalue weighted by atomic mass is 9.87. The Bertz CT molecular complexity index is 546. The van der Waals surface area contributed by atoms with Crippen LogP contribution in [0.15, 0.2) is 23.1 Å². The summed E-state index contributed by atoms with van der Waals surface area (Å²) in [6, 6.07) is 3.66. The molecule has 6 heteroatoms. The highest BCUT2D eigenvalue weighted by Crippen LogP contribution is 2.25. The first-order valence-corrected chi connectivity index (χ1v) is 8.29. The van der Waals surface area contributed by atoms with Crippen LogP contribution in [0.3, 0.4) is 0 Å². The number of halogens is 1. The predicted octanol–water partition coefficient (Wildman–Crippen LogP) is 1.96. The van der Waals surface area contributed by atoms with E-state index in [2.05, 4.69) is 4.72 Å². The minimum absolute atomic E-state index is 0.0284. The number of hydrogen-bond donors (Lipinski definition) is 2. The molecule has 1 aliphatic rings. The van der Waals surface area contributed by atoms with E-state index in [1.54, 1.807) is 6.92 Å². The van der Waals surface area contributed by atoms with Gasteiger partial charge in [-0.15, -0.1) is 0 Å². The maximum absolute atomic E-state index is 13.3. The van der Waals surface area contributed by atoms with Crippen LogP contribution in [-0.2, 0) is 10.0 Å². The molecule has 0 radical (unpaired) electrons. The number of aliphatic hydroxyl groups excluding tert-OH is 1. The second-order valence-corrected chi connectivity index (χ2v) is 7.20. The highest BCUT2D eigenvalue weighted by Gasteiger charge is 2.25. The fourth-order valence-corrected chi connectivity index (χ4v) is 4.03. The molecule has 1 saturated carbocycles. The van der Waals surface area contributed by atoms with Crippen LogP contribution in [0.25, 0.3) is 0 Å². The van der Waals surface area contributed by atoms with E-state index in [1.165, 1.54) is 12.1 Å². The molecule has 1 aromatic carbocycles. The van der Waals surface area contributed by atoms with Crippen LogP contribution in [0.1, 0.15) is 31.2 Å². The number of hydrogen-bond acceptors (Lipinski definition) is 3. The summed E-state index contributed by atoms with van der Waals surface area (Å²) in [6.07, 6.45) is 3.04. The molecule has 0 spiro atoms. The highest BCUT2D eigenvalue weighted by molar-refractivity contribution is 7.89. The molecule has 2 rings (SSSR count). The largest absolute Gasteiger partial charge is 0.396 e. The summed E-state index contributed by atoms with van der Waals surface area (Å²) in [5.74, 6) is -0.276. The van der Waals surface area contributed by atoms with Gasteiger partial charge in [0, 0.05) is 12.6 Å². The maximum atomic E-state index is 13.3. The predicted molar refractivity (Wildman–Crippen MR) is 74.3 cm³/mol. The van der Waals surface area contributed by atoms with Gasteiger partial charge in [-0.05, 0) is 62.3 Å². The van der Waals surface area contributed by atoms with Crippen molar-refractivity contribution in [2.45, 2.75) is 43.5 Å². The summed E-state index contributed by atoms with van der Waals surface area (Å²) >= 11 is 0. The second-order valence-electron chi connectivity index (χ2n) is 5.49. The van der Waals surface area contributed by atoms with Gasteiger partial charge >= 0.3 is 0 Å². The standard InChI is InChI=1S/C14H20FNO3S/c1-10-6-12(15)8-14(7-10)20(18,19)16-13-4-2-11(9-17)3-5-13/h6-8,11,13,16-17H,2-5,9H2,1H3. The van der Waals surface area contributed by atoms with E-state index in [-0.39, 0.29) is 23.5 Å². The van der Waals surface area contributed by atoms with Gasteiger partial charge in [-0.3, -0.25) is 0 Å². The first kappa shape index (κ1) is 15.4. The molecule has 0 aliphatic heterocycles. The van der Waals surface area contributed by atoms with Gasteiger partial charge in [0.25, 0.3) is 0 Å². The van der Waals surface area contributed by atoms with Crippen LogP contribution in [0.4, 0.5) is 4.39 Å². The number of benzene rings is 1. The van der Waals surface area contributed by atoms with Gasteiger partial charge in [-0.1, -0.05) is 0 Å². The summed E-state index contributed by atoms with van der Waals surface area (Å²) in [5.41, 5.74) is 0.578. The van der Waals surface area contributed by atoms with Crippen molar-refractivity contribution in [3.8, 4) is 0 Å². The Hall–Kier alpha value is -0.980. The van der Waals surface area contributed by atoms with Crippen molar-refractivity contribution >= 4 is 10.0 Å². The Morgan fingerprint density at radius 1 is 1.25 bits per heavy atom. The lowest BCUT2D eigenvalue weighted by molar-refractivity contribution is 0.180. The average molecular weight is 301 g/mol. The molecule has 1 aliphatic carbocycles. The zero-order valence-corrected chi connectivity index (χ0v) is 12.3. The number of sulfonamides is 1. The minimum atomic E-state index is -3.68. The third-order valence-electron chi connectivity index (χ3n) is 3.75. The van der Waals surface area contributed by atoms with Gasteiger partial charge in [0.1, 0.15) is 5.82 Å². The van der Waals surface area contributed by atoms with E-state index in [1.807, 2.05) is 0 Å². The van der Waals surface area contributed by atoms with Crippen molar-refractivity contribution in [3.63, 3.8) is 0 Å². The zero-order chi connectivity index (χ0) is 14.8. The van der Waals surface area contributed by atoms with Gasteiger partial charge in [-0.25, -0.2) is 17.5 Å². The quantitative estimate of drug-likeness (QED) is 0.893. The molecule has 1 aromatic rings. The van der Waals surface area contributed by atoms with Crippen molar-refractivity contribution in [1.82, 2.24) is 4.72 Å². The second kappa shape index (κ2) is 6.20. The van der Waals surface area contributed by atoms with E-state index in [4.69, 9.17) is 5.11 Å². The summed E-state index contributed by atoms with van der Waals surface area (Å²) < 4.78 is 40.4. The Morgan fingerprint density at radius 3 is 2.45 bits per heavy atom. The Labute approximate surface area is 119 Å². The van der Waals surface area contributed by atoms with Crippen molar-refractivity contribution in [2.75, 3.05) is 6.61 Å². The Balaban J connectivity index is 2.08. The number of rotatable bonds is 4. The molecule has 20 heavy (non-hydrogen) atoms. The molecule has 1 fully saturated rings. The normalized spacial score (nSPS) is 23.8. The molecule has 0 bridgehead atoms. The van der Waals surface area contributed by atoms with E-state index < -0.39 is 15.8 Å². The molecule has 0 aromatic heterocycles. The van der Waals surface area contributed by atoms with E-state index in [0.717, 1.165) is 18.9 Å². The third-order valence-corrected chi connectivity index (χ3v) is 5.25. The summed E-state index contributed by atoms with van der Waals surface area (Å²) in [4.78, 5) is -0.0284. The first-order valence-electron chi connectivity index (χ1n) is 6.81. The average Bonchev–Trinajstić information content (AvgIpc) is 2.38. The van der Waals surface area contributed by atoms with Crippen LogP contribution in [0, 0.1) is 18.7 Å². The van der Waals surface area contributed by atoms with Crippen molar-refractivity contribution in [2.24, 2.45) is 5.92 Å². The van der Waals surface area contributed by atoms with Crippen LogP contribution in [0.2, 0.25) is 0 Å². The van der Waals surface area contributed by atoms with Crippen LogP contribution < -0.4 is 4.72 Å². The highest BCUT2D eigenvalue weighted by atomic mass is 32.2. The molecule has 112 valence electrons. The molecule has 0 unspecified atom stereocenters. The fourth-order valence-electron chi connectivity index (χ4n) is 2.61. The van der Waals surface area contributed by atoms with Gasteiger partial charge in [-0.2, -0.15) is 0 Å². The molecular weight excluding hydrogens is 281 g/mol. The number of aliphatic hydroxyl groups is 1. The fraction of sp³-hybridized carbons (Fsp3) is 0.571. The minimum Gasteiger partial charge on any atom is -0.396 e.